The van der Waals surface area contributed by atoms with E-state index in [0.29, 0.717) is 6.04 Å². The van der Waals surface area contributed by atoms with Crippen molar-refractivity contribution in [3.63, 3.8) is 0 Å². The van der Waals surface area contributed by atoms with Crippen molar-refractivity contribution in [3.05, 3.63) is 30.0 Å². The van der Waals surface area contributed by atoms with Crippen LogP contribution in [0.3, 0.4) is 0 Å². The van der Waals surface area contributed by atoms with Crippen molar-refractivity contribution in [2.75, 3.05) is 36.4 Å². The minimum Gasteiger partial charge on any atom is -0.382 e. The van der Waals surface area contributed by atoms with E-state index in [2.05, 4.69) is 40.7 Å². The van der Waals surface area contributed by atoms with Crippen molar-refractivity contribution in [1.29, 1.82) is 0 Å². The fourth-order valence-corrected chi connectivity index (χ4v) is 3.33. The van der Waals surface area contributed by atoms with Gasteiger partial charge in [0.25, 0.3) is 0 Å². The Hall–Kier alpha value is -1.81. The summed E-state index contributed by atoms with van der Waals surface area (Å²) in [5.74, 6) is 1.14. The molecule has 2 fully saturated rings. The maximum Gasteiger partial charge on any atom is 0.136 e. The lowest BCUT2D eigenvalue weighted by atomic mass is 10.0. The third-order valence-corrected chi connectivity index (χ3v) is 4.66. The van der Waals surface area contributed by atoms with Gasteiger partial charge in [0.2, 0.25) is 0 Å². The molecule has 1 aromatic heterocycles. The maximum absolute atomic E-state index is 4.78. The standard InChI is InChI=1S/C18H24N4/c1-13-12-20-18(22-10-3-8-19-9-11-22)15-4-2-5-16(17(13)15)21-14-6-7-14/h2,4-5,12,14,19,21H,3,6-11H2,1H3. The van der Waals surface area contributed by atoms with Crippen molar-refractivity contribution in [1.82, 2.24) is 10.3 Å². The molecule has 2 aliphatic rings. The van der Waals surface area contributed by atoms with Crippen molar-refractivity contribution in [2.24, 2.45) is 0 Å². The molecule has 1 saturated carbocycles. The zero-order valence-electron chi connectivity index (χ0n) is 13.2. The lowest BCUT2D eigenvalue weighted by Gasteiger charge is -2.24. The minimum absolute atomic E-state index is 0.670. The Morgan fingerprint density at radius 1 is 1.23 bits per heavy atom. The molecule has 4 rings (SSSR count). The predicted molar refractivity (Wildman–Crippen MR) is 92.8 cm³/mol. The summed E-state index contributed by atoms with van der Waals surface area (Å²) in [5, 5.41) is 9.78. The highest BCUT2D eigenvalue weighted by atomic mass is 15.2. The fraction of sp³-hybridized carbons (Fsp3) is 0.500. The molecule has 1 aliphatic heterocycles. The lowest BCUT2D eigenvalue weighted by molar-refractivity contribution is 0.724. The summed E-state index contributed by atoms with van der Waals surface area (Å²) >= 11 is 0. The molecule has 2 aromatic rings. The van der Waals surface area contributed by atoms with Crippen molar-refractivity contribution >= 4 is 22.3 Å². The van der Waals surface area contributed by atoms with Crippen LogP contribution in [0.25, 0.3) is 10.8 Å². The molecule has 2 heterocycles. The van der Waals surface area contributed by atoms with Crippen LogP contribution in [0.15, 0.2) is 24.4 Å². The van der Waals surface area contributed by atoms with Gasteiger partial charge in [-0.25, -0.2) is 4.98 Å². The molecule has 0 amide bonds. The Morgan fingerprint density at radius 2 is 2.14 bits per heavy atom. The van der Waals surface area contributed by atoms with Crippen LogP contribution in [0, 0.1) is 6.92 Å². The monoisotopic (exact) mass is 296 g/mol. The van der Waals surface area contributed by atoms with Gasteiger partial charge < -0.3 is 15.5 Å². The minimum atomic E-state index is 0.670. The molecule has 116 valence electrons. The maximum atomic E-state index is 4.78. The second kappa shape index (κ2) is 5.76. The number of aromatic nitrogens is 1. The second-order valence-corrected chi connectivity index (χ2v) is 6.50. The van der Waals surface area contributed by atoms with E-state index >= 15 is 0 Å². The van der Waals surface area contributed by atoms with Crippen molar-refractivity contribution < 1.29 is 0 Å². The van der Waals surface area contributed by atoms with Gasteiger partial charge in [-0.2, -0.15) is 0 Å². The largest absolute Gasteiger partial charge is 0.382 e. The highest BCUT2D eigenvalue weighted by Gasteiger charge is 2.23. The number of nitrogens with one attached hydrogen (secondary N) is 2. The van der Waals surface area contributed by atoms with Gasteiger partial charge in [-0.05, 0) is 44.4 Å². The third-order valence-electron chi connectivity index (χ3n) is 4.66. The quantitative estimate of drug-likeness (QED) is 0.913. The molecule has 0 radical (unpaired) electrons. The number of anilines is 2. The van der Waals surface area contributed by atoms with Gasteiger partial charge in [0.15, 0.2) is 0 Å². The Bertz CT molecular complexity index is 670. The molecular weight excluding hydrogens is 272 g/mol. The van der Waals surface area contributed by atoms with Gasteiger partial charge in [-0.3, -0.25) is 0 Å². The van der Waals surface area contributed by atoms with Crippen LogP contribution in [-0.4, -0.2) is 37.2 Å². The SMILES string of the molecule is Cc1cnc(N2CCCNCC2)c2cccc(NC3CC3)c12. The summed E-state index contributed by atoms with van der Waals surface area (Å²) in [6.45, 7) is 6.43. The molecule has 0 bridgehead atoms. The normalized spacial score (nSPS) is 19.2. The van der Waals surface area contributed by atoms with Crippen LogP contribution in [0.2, 0.25) is 0 Å². The molecule has 1 saturated heterocycles. The van der Waals surface area contributed by atoms with E-state index in [1.54, 1.807) is 0 Å². The Morgan fingerprint density at radius 3 is 3.00 bits per heavy atom. The molecule has 22 heavy (non-hydrogen) atoms. The van der Waals surface area contributed by atoms with Gasteiger partial charge in [0.1, 0.15) is 5.82 Å². The smallest absolute Gasteiger partial charge is 0.136 e. The molecule has 1 aromatic carbocycles. The van der Waals surface area contributed by atoms with Crippen molar-refractivity contribution in [2.45, 2.75) is 32.2 Å². The number of fused-ring (bicyclic) bond motifs is 1. The number of hydrogen-bond donors (Lipinski definition) is 2. The number of nitrogens with zero attached hydrogens (tertiary/aromatic N) is 2. The van der Waals surface area contributed by atoms with E-state index in [0.717, 1.165) is 32.0 Å². The van der Waals surface area contributed by atoms with E-state index in [4.69, 9.17) is 4.98 Å². The zero-order chi connectivity index (χ0) is 14.9. The Labute approximate surface area is 131 Å². The van der Waals surface area contributed by atoms with Gasteiger partial charge in [0, 0.05) is 48.3 Å². The van der Waals surface area contributed by atoms with Crippen LogP contribution in [0.4, 0.5) is 11.5 Å². The van der Waals surface area contributed by atoms with Crippen LogP contribution in [0.5, 0.6) is 0 Å². The number of pyridine rings is 1. The summed E-state index contributed by atoms with van der Waals surface area (Å²) in [7, 11) is 0. The van der Waals surface area contributed by atoms with Gasteiger partial charge >= 0.3 is 0 Å². The first-order valence-electron chi connectivity index (χ1n) is 8.43. The fourth-order valence-electron chi connectivity index (χ4n) is 3.33. The summed E-state index contributed by atoms with van der Waals surface area (Å²) in [6.07, 6.45) is 5.81. The molecule has 0 unspecified atom stereocenters. The summed E-state index contributed by atoms with van der Waals surface area (Å²) in [5.41, 5.74) is 2.53. The topological polar surface area (TPSA) is 40.2 Å². The summed E-state index contributed by atoms with van der Waals surface area (Å²) in [4.78, 5) is 7.21. The van der Waals surface area contributed by atoms with Gasteiger partial charge in [-0.1, -0.05) is 12.1 Å². The molecule has 4 heteroatoms. The van der Waals surface area contributed by atoms with E-state index in [9.17, 15) is 0 Å². The van der Waals surface area contributed by atoms with Crippen molar-refractivity contribution in [3.8, 4) is 0 Å². The van der Waals surface area contributed by atoms with E-state index < -0.39 is 0 Å². The summed E-state index contributed by atoms with van der Waals surface area (Å²) < 4.78 is 0. The number of hydrogen-bond acceptors (Lipinski definition) is 4. The van der Waals surface area contributed by atoms with Gasteiger partial charge in [-0.15, -0.1) is 0 Å². The van der Waals surface area contributed by atoms with E-state index in [1.807, 2.05) is 6.20 Å². The zero-order valence-corrected chi connectivity index (χ0v) is 13.2. The second-order valence-electron chi connectivity index (χ2n) is 6.50. The first-order valence-corrected chi connectivity index (χ1v) is 8.43. The van der Waals surface area contributed by atoms with Crippen LogP contribution < -0.4 is 15.5 Å². The number of benzene rings is 1. The van der Waals surface area contributed by atoms with E-state index in [-0.39, 0.29) is 0 Å². The van der Waals surface area contributed by atoms with Gasteiger partial charge in [0.05, 0.1) is 0 Å². The average Bonchev–Trinajstić information content (AvgIpc) is 3.35. The lowest BCUT2D eigenvalue weighted by Crippen LogP contribution is -2.28. The number of aryl methyl sites for hydroxylation is 1. The Kier molecular flexibility index (Phi) is 3.62. The first kappa shape index (κ1) is 13.8. The molecular formula is C18H24N4. The predicted octanol–water partition coefficient (Wildman–Crippen LogP) is 2.92. The molecule has 4 nitrogen and oxygen atoms in total. The van der Waals surface area contributed by atoms with Crippen LogP contribution in [-0.2, 0) is 0 Å². The average molecular weight is 296 g/mol. The van der Waals surface area contributed by atoms with Crippen LogP contribution >= 0.6 is 0 Å². The highest BCUT2D eigenvalue weighted by Crippen LogP contribution is 2.35. The first-order chi connectivity index (χ1) is 10.8. The molecule has 0 spiro atoms. The molecule has 1 aliphatic carbocycles. The highest BCUT2D eigenvalue weighted by molar-refractivity contribution is 6.02. The van der Waals surface area contributed by atoms with Crippen LogP contribution in [0.1, 0.15) is 24.8 Å². The Balaban J connectivity index is 1.79. The number of rotatable bonds is 3. The summed E-state index contributed by atoms with van der Waals surface area (Å²) in [6, 6.07) is 7.26. The molecule has 0 atom stereocenters. The third kappa shape index (κ3) is 2.63. The van der Waals surface area contributed by atoms with E-state index in [1.165, 1.54) is 41.3 Å². The molecule has 2 N–H and O–H groups in total.